The van der Waals surface area contributed by atoms with Crippen molar-refractivity contribution in [3.8, 4) is 55.6 Å². The van der Waals surface area contributed by atoms with Crippen molar-refractivity contribution >= 4 is 64.6 Å². The van der Waals surface area contributed by atoms with Gasteiger partial charge in [0.25, 0.3) is 0 Å². The van der Waals surface area contributed by atoms with Gasteiger partial charge in [-0.1, -0.05) is 221 Å². The fraction of sp³-hybridized carbons (Fsp3) is 0.167. The van der Waals surface area contributed by atoms with Crippen molar-refractivity contribution in [2.45, 2.75) is 76.0 Å². The Morgan fingerprint density at radius 2 is 0.472 bits per heavy atom. The summed E-state index contributed by atoms with van der Waals surface area (Å²) in [6.45, 7) is 0. The fourth-order valence-corrected chi connectivity index (χ4v) is 13.3. The standard InChI is InChI=1S/C72H58/c1-5-17-47(18-6-1)49-29-33-53(34-30-49)65-46-72-68-42-56(38-40-62(68)66(44-70(72)60-28-16-14-26-58(60)65)54-35-31-50(32-36-54)48-19-7-2-8-20-48)55-37-39-61-64(52-23-11-4-12-24-52)43-69-59-27-15-13-25-57(59)63(45-71(69)67(61)41-55)51-21-9-3-10-22-51/h3-4,9-16,21-48H,1-2,5-8,17-20H2. The second kappa shape index (κ2) is 18.1. The summed E-state index contributed by atoms with van der Waals surface area (Å²) in [6.07, 6.45) is 13.4. The third kappa shape index (κ3) is 7.50. The van der Waals surface area contributed by atoms with E-state index in [1.165, 1.54) is 196 Å². The minimum absolute atomic E-state index is 0.675. The van der Waals surface area contributed by atoms with Crippen LogP contribution >= 0.6 is 0 Å². The van der Waals surface area contributed by atoms with Crippen LogP contribution in [0.5, 0.6) is 0 Å². The summed E-state index contributed by atoms with van der Waals surface area (Å²) in [4.78, 5) is 0. The number of rotatable bonds is 7. The third-order valence-corrected chi connectivity index (χ3v) is 17.0. The molecule has 0 unspecified atom stereocenters. The van der Waals surface area contributed by atoms with E-state index in [9.17, 15) is 0 Å². The van der Waals surface area contributed by atoms with Gasteiger partial charge in [-0.25, -0.2) is 0 Å². The molecule has 0 aliphatic heterocycles. The minimum Gasteiger partial charge on any atom is -0.0622 e. The Balaban J connectivity index is 1.01. The van der Waals surface area contributed by atoms with Gasteiger partial charge < -0.3 is 0 Å². The largest absolute Gasteiger partial charge is 0.0622 e. The van der Waals surface area contributed by atoms with E-state index in [2.05, 4.69) is 218 Å². The highest BCUT2D eigenvalue weighted by Crippen LogP contribution is 2.47. The number of fused-ring (bicyclic) bond motifs is 10. The van der Waals surface area contributed by atoms with E-state index in [1.54, 1.807) is 0 Å². The lowest BCUT2D eigenvalue weighted by molar-refractivity contribution is 0.443. The Labute approximate surface area is 423 Å². The van der Waals surface area contributed by atoms with E-state index in [1.807, 2.05) is 0 Å². The summed E-state index contributed by atoms with van der Waals surface area (Å²) in [7, 11) is 0. The molecular formula is C72H58. The van der Waals surface area contributed by atoms with Crippen LogP contribution in [0.3, 0.4) is 0 Å². The van der Waals surface area contributed by atoms with Crippen LogP contribution in [0.2, 0.25) is 0 Å². The summed E-state index contributed by atoms with van der Waals surface area (Å²) in [6, 6.07) is 83.9. The van der Waals surface area contributed by atoms with Crippen LogP contribution in [0.4, 0.5) is 0 Å². The van der Waals surface area contributed by atoms with E-state index in [0.717, 1.165) is 0 Å². The van der Waals surface area contributed by atoms with Crippen LogP contribution in [0.25, 0.3) is 120 Å². The second-order valence-corrected chi connectivity index (χ2v) is 21.1. The number of benzene rings is 12. The van der Waals surface area contributed by atoms with Gasteiger partial charge in [-0.05, 0) is 205 Å². The van der Waals surface area contributed by atoms with E-state index >= 15 is 0 Å². The molecule has 2 fully saturated rings. The molecule has 0 spiro atoms. The quantitative estimate of drug-likeness (QED) is 0.140. The second-order valence-electron chi connectivity index (χ2n) is 21.1. The average molecular weight is 923 g/mol. The van der Waals surface area contributed by atoms with Gasteiger partial charge in [-0.15, -0.1) is 0 Å². The first-order valence-electron chi connectivity index (χ1n) is 26.9. The Hall–Kier alpha value is -7.80. The molecule has 2 aliphatic carbocycles. The van der Waals surface area contributed by atoms with Gasteiger partial charge in [0.1, 0.15) is 0 Å². The summed E-state index contributed by atoms with van der Waals surface area (Å²) < 4.78 is 0. The molecule has 0 radical (unpaired) electrons. The van der Waals surface area contributed by atoms with Crippen LogP contribution in [0, 0.1) is 0 Å². The summed E-state index contributed by atoms with van der Waals surface area (Å²) in [5.41, 5.74) is 15.6. The van der Waals surface area contributed by atoms with Gasteiger partial charge in [0.05, 0.1) is 0 Å². The first-order valence-corrected chi connectivity index (χ1v) is 26.9. The molecule has 2 aliphatic rings. The SMILES string of the molecule is c1ccc(-c2cc3c4cc(-c5ccc6c(-c7ccc(C8CCCCC8)cc7)cc7c8ccccc8c(-c8ccc(C9CCCCC9)cc8)cc7c6c5)ccc4c(-c4ccccc4)cc3c3ccccc23)cc1. The predicted molar refractivity (Wildman–Crippen MR) is 310 cm³/mol. The molecule has 0 atom stereocenters. The van der Waals surface area contributed by atoms with Crippen molar-refractivity contribution in [3.63, 3.8) is 0 Å². The van der Waals surface area contributed by atoms with Crippen molar-refractivity contribution in [1.29, 1.82) is 0 Å². The molecule has 0 heterocycles. The summed E-state index contributed by atoms with van der Waals surface area (Å²) in [5, 5.41) is 15.5. The first-order chi connectivity index (χ1) is 35.7. The maximum atomic E-state index is 2.52. The van der Waals surface area contributed by atoms with Gasteiger partial charge in [0.15, 0.2) is 0 Å². The Kier molecular flexibility index (Phi) is 10.8. The molecular weight excluding hydrogens is 865 g/mol. The van der Waals surface area contributed by atoms with Crippen LogP contribution in [0.1, 0.15) is 87.2 Å². The summed E-state index contributed by atoms with van der Waals surface area (Å²) >= 11 is 0. The maximum Gasteiger partial charge on any atom is -0.00921 e. The van der Waals surface area contributed by atoms with Crippen molar-refractivity contribution in [2.24, 2.45) is 0 Å². The molecule has 0 nitrogen and oxygen atoms in total. The van der Waals surface area contributed by atoms with E-state index in [0.29, 0.717) is 11.8 Å². The molecule has 0 bridgehead atoms. The van der Waals surface area contributed by atoms with Crippen LogP contribution in [0.15, 0.2) is 218 Å². The zero-order valence-electron chi connectivity index (χ0n) is 41.0. The molecule has 2 saturated carbocycles. The van der Waals surface area contributed by atoms with Crippen LogP contribution in [-0.4, -0.2) is 0 Å². The molecule has 72 heavy (non-hydrogen) atoms. The topological polar surface area (TPSA) is 0 Å². The molecule has 12 aromatic rings. The van der Waals surface area contributed by atoms with E-state index in [4.69, 9.17) is 0 Å². The molecule has 0 saturated heterocycles. The lowest BCUT2D eigenvalue weighted by atomic mass is 9.82. The molecule has 0 aromatic heterocycles. The predicted octanol–water partition coefficient (Wildman–Crippen LogP) is 21.0. The van der Waals surface area contributed by atoms with Gasteiger partial charge in [0, 0.05) is 0 Å². The molecule has 346 valence electrons. The average Bonchev–Trinajstić information content (AvgIpc) is 3.47. The highest BCUT2D eigenvalue weighted by atomic mass is 14.3. The van der Waals surface area contributed by atoms with Gasteiger partial charge in [-0.2, -0.15) is 0 Å². The number of hydrogen-bond acceptors (Lipinski definition) is 0. The zero-order valence-corrected chi connectivity index (χ0v) is 41.0. The zero-order chi connectivity index (χ0) is 47.5. The Bertz CT molecular complexity index is 4000. The Morgan fingerprint density at radius 1 is 0.194 bits per heavy atom. The molecule has 0 heteroatoms. The van der Waals surface area contributed by atoms with Crippen molar-refractivity contribution < 1.29 is 0 Å². The maximum absolute atomic E-state index is 2.52. The van der Waals surface area contributed by atoms with E-state index in [-0.39, 0.29) is 0 Å². The van der Waals surface area contributed by atoms with Crippen LogP contribution in [-0.2, 0) is 0 Å². The van der Waals surface area contributed by atoms with Crippen molar-refractivity contribution in [2.75, 3.05) is 0 Å². The smallest absolute Gasteiger partial charge is 0.00921 e. The Morgan fingerprint density at radius 3 is 0.847 bits per heavy atom. The molecule has 14 rings (SSSR count). The normalized spacial score (nSPS) is 14.8. The molecule has 0 amide bonds. The van der Waals surface area contributed by atoms with Gasteiger partial charge >= 0.3 is 0 Å². The van der Waals surface area contributed by atoms with Crippen LogP contribution < -0.4 is 0 Å². The summed E-state index contributed by atoms with van der Waals surface area (Å²) in [5.74, 6) is 1.36. The highest BCUT2D eigenvalue weighted by Gasteiger charge is 2.21. The monoisotopic (exact) mass is 922 g/mol. The molecule has 0 N–H and O–H groups in total. The lowest BCUT2D eigenvalue weighted by Crippen LogP contribution is -2.04. The fourth-order valence-electron chi connectivity index (χ4n) is 13.3. The van der Waals surface area contributed by atoms with Crippen molar-refractivity contribution in [1.82, 2.24) is 0 Å². The highest BCUT2D eigenvalue weighted by molar-refractivity contribution is 6.26. The third-order valence-electron chi connectivity index (χ3n) is 17.0. The molecule has 12 aromatic carbocycles. The first kappa shape index (κ1) is 43.0. The lowest BCUT2D eigenvalue weighted by Gasteiger charge is -2.22. The van der Waals surface area contributed by atoms with Gasteiger partial charge in [0.2, 0.25) is 0 Å². The van der Waals surface area contributed by atoms with Gasteiger partial charge in [-0.3, -0.25) is 0 Å². The van der Waals surface area contributed by atoms with E-state index < -0.39 is 0 Å². The number of hydrogen-bond donors (Lipinski definition) is 0. The van der Waals surface area contributed by atoms with Crippen molar-refractivity contribution in [3.05, 3.63) is 230 Å². The minimum atomic E-state index is 0.675.